The first-order valence-corrected chi connectivity index (χ1v) is 9.97. The maximum absolute atomic E-state index is 12.9. The van der Waals surface area contributed by atoms with Gasteiger partial charge in [-0.05, 0) is 43.2 Å². The van der Waals surface area contributed by atoms with Crippen LogP contribution in [0.4, 0.5) is 11.4 Å². The number of carbonyl (C=O) groups excluding carboxylic acids is 3. The van der Waals surface area contributed by atoms with Crippen molar-refractivity contribution in [1.29, 1.82) is 0 Å². The molecule has 0 saturated heterocycles. The zero-order chi connectivity index (χ0) is 21.3. The van der Waals surface area contributed by atoms with Crippen molar-refractivity contribution < 1.29 is 14.4 Å². The van der Waals surface area contributed by atoms with E-state index in [2.05, 4.69) is 17.6 Å². The standard InChI is InChI=1S/C25H22N2O3/c1-3-16-8-4-7-11-22(16)26-15(2)25(30)27-17-12-13-20-21(14-17)24(29)19-10-6-5-9-18(19)23(20)28/h4-15,26H,3H2,1-2H3,(H,27,30)/t15-/m1/s1. The van der Waals surface area contributed by atoms with Crippen LogP contribution in [-0.2, 0) is 11.2 Å². The second kappa shape index (κ2) is 7.95. The summed E-state index contributed by atoms with van der Waals surface area (Å²) in [5.74, 6) is -0.612. The minimum Gasteiger partial charge on any atom is -0.374 e. The molecule has 150 valence electrons. The molecule has 1 aliphatic carbocycles. The van der Waals surface area contributed by atoms with Crippen LogP contribution in [0, 0.1) is 0 Å². The number of fused-ring (bicyclic) bond motifs is 2. The second-order valence-electron chi connectivity index (χ2n) is 7.33. The minimum absolute atomic E-state index is 0.177. The van der Waals surface area contributed by atoms with Crippen LogP contribution in [0.3, 0.4) is 0 Å². The molecule has 0 saturated carbocycles. The Morgan fingerprint density at radius 1 is 0.833 bits per heavy atom. The van der Waals surface area contributed by atoms with Gasteiger partial charge in [-0.15, -0.1) is 0 Å². The Kier molecular flexibility index (Phi) is 5.19. The first-order chi connectivity index (χ1) is 14.5. The van der Waals surface area contributed by atoms with E-state index in [0.717, 1.165) is 17.7 Å². The molecule has 2 N–H and O–H groups in total. The molecular formula is C25H22N2O3. The number of para-hydroxylation sites is 1. The van der Waals surface area contributed by atoms with Gasteiger partial charge in [0.2, 0.25) is 5.91 Å². The van der Waals surface area contributed by atoms with Gasteiger partial charge in [0.1, 0.15) is 6.04 Å². The summed E-state index contributed by atoms with van der Waals surface area (Å²) < 4.78 is 0. The Morgan fingerprint density at radius 2 is 1.43 bits per heavy atom. The normalized spacial score (nSPS) is 13.3. The predicted octanol–water partition coefficient (Wildman–Crippen LogP) is 4.46. The fourth-order valence-electron chi connectivity index (χ4n) is 3.70. The van der Waals surface area contributed by atoms with Gasteiger partial charge in [-0.1, -0.05) is 49.4 Å². The summed E-state index contributed by atoms with van der Waals surface area (Å²) in [6.07, 6.45) is 0.861. The van der Waals surface area contributed by atoms with E-state index in [9.17, 15) is 14.4 Å². The van der Waals surface area contributed by atoms with E-state index >= 15 is 0 Å². The third-order valence-corrected chi connectivity index (χ3v) is 5.36. The molecule has 0 unspecified atom stereocenters. The highest BCUT2D eigenvalue weighted by molar-refractivity contribution is 6.28. The summed E-state index contributed by atoms with van der Waals surface area (Å²) in [7, 11) is 0. The largest absolute Gasteiger partial charge is 0.374 e. The Hall–Kier alpha value is -3.73. The van der Waals surface area contributed by atoms with Crippen molar-refractivity contribution >= 4 is 28.8 Å². The fourth-order valence-corrected chi connectivity index (χ4v) is 3.70. The average molecular weight is 398 g/mol. The number of hydrogen-bond acceptors (Lipinski definition) is 4. The van der Waals surface area contributed by atoms with E-state index in [1.807, 2.05) is 24.3 Å². The molecule has 30 heavy (non-hydrogen) atoms. The zero-order valence-corrected chi connectivity index (χ0v) is 16.9. The van der Waals surface area contributed by atoms with Gasteiger partial charge in [0, 0.05) is 33.6 Å². The SMILES string of the molecule is CCc1ccccc1N[C@H](C)C(=O)Nc1ccc2c(c1)C(=O)c1ccccc1C2=O. The molecule has 0 radical (unpaired) electrons. The van der Waals surface area contributed by atoms with Gasteiger partial charge in [-0.2, -0.15) is 0 Å². The van der Waals surface area contributed by atoms with Crippen LogP contribution in [0.2, 0.25) is 0 Å². The van der Waals surface area contributed by atoms with E-state index < -0.39 is 6.04 Å². The van der Waals surface area contributed by atoms with E-state index in [4.69, 9.17) is 0 Å². The van der Waals surface area contributed by atoms with Crippen molar-refractivity contribution in [2.45, 2.75) is 26.3 Å². The van der Waals surface area contributed by atoms with Crippen molar-refractivity contribution in [2.75, 3.05) is 10.6 Å². The van der Waals surface area contributed by atoms with Crippen LogP contribution in [0.5, 0.6) is 0 Å². The molecule has 0 spiro atoms. The number of rotatable bonds is 5. The van der Waals surface area contributed by atoms with Gasteiger partial charge in [0.05, 0.1) is 0 Å². The molecule has 1 amide bonds. The highest BCUT2D eigenvalue weighted by Crippen LogP contribution is 2.29. The summed E-state index contributed by atoms with van der Waals surface area (Å²) >= 11 is 0. The number of hydrogen-bond donors (Lipinski definition) is 2. The third-order valence-electron chi connectivity index (χ3n) is 5.36. The van der Waals surface area contributed by atoms with Crippen LogP contribution in [0.1, 0.15) is 51.3 Å². The molecule has 3 aromatic carbocycles. The van der Waals surface area contributed by atoms with Crippen molar-refractivity contribution in [1.82, 2.24) is 0 Å². The number of carbonyl (C=O) groups is 3. The smallest absolute Gasteiger partial charge is 0.246 e. The minimum atomic E-state index is -0.480. The molecule has 0 heterocycles. The zero-order valence-electron chi connectivity index (χ0n) is 16.9. The van der Waals surface area contributed by atoms with E-state index in [-0.39, 0.29) is 17.5 Å². The molecule has 0 fully saturated rings. The lowest BCUT2D eigenvalue weighted by atomic mass is 9.84. The number of benzene rings is 3. The van der Waals surface area contributed by atoms with Crippen LogP contribution in [0.15, 0.2) is 66.7 Å². The summed E-state index contributed by atoms with van der Waals surface area (Å²) in [6, 6.07) is 19.0. The molecule has 0 bridgehead atoms. The quantitative estimate of drug-likeness (QED) is 0.520. The lowest BCUT2D eigenvalue weighted by molar-refractivity contribution is -0.116. The molecule has 1 atom stereocenters. The summed E-state index contributed by atoms with van der Waals surface area (Å²) in [5, 5.41) is 6.08. The van der Waals surface area contributed by atoms with Crippen LogP contribution < -0.4 is 10.6 Å². The lowest BCUT2D eigenvalue weighted by Gasteiger charge is -2.20. The van der Waals surface area contributed by atoms with Gasteiger partial charge in [-0.25, -0.2) is 0 Å². The van der Waals surface area contributed by atoms with Crippen LogP contribution >= 0.6 is 0 Å². The highest BCUT2D eigenvalue weighted by Gasteiger charge is 2.29. The van der Waals surface area contributed by atoms with Crippen LogP contribution in [0.25, 0.3) is 0 Å². The number of aryl methyl sites for hydroxylation is 1. The highest BCUT2D eigenvalue weighted by atomic mass is 16.2. The Morgan fingerprint density at radius 3 is 2.13 bits per heavy atom. The van der Waals surface area contributed by atoms with Crippen molar-refractivity contribution in [3.05, 3.63) is 94.5 Å². The number of nitrogens with one attached hydrogen (secondary N) is 2. The first-order valence-electron chi connectivity index (χ1n) is 9.97. The number of ketones is 2. The summed E-state index contributed by atoms with van der Waals surface area (Å²) in [5.41, 5.74) is 4.02. The van der Waals surface area contributed by atoms with Gasteiger partial charge >= 0.3 is 0 Å². The van der Waals surface area contributed by atoms with Gasteiger partial charge < -0.3 is 10.6 Å². The maximum Gasteiger partial charge on any atom is 0.246 e. The van der Waals surface area contributed by atoms with Crippen molar-refractivity contribution in [2.24, 2.45) is 0 Å². The van der Waals surface area contributed by atoms with E-state index in [1.54, 1.807) is 49.4 Å². The summed E-state index contributed by atoms with van der Waals surface area (Å²) in [6.45, 7) is 3.85. The van der Waals surface area contributed by atoms with E-state index in [1.165, 1.54) is 0 Å². The predicted molar refractivity (Wildman–Crippen MR) is 117 cm³/mol. The van der Waals surface area contributed by atoms with Crippen molar-refractivity contribution in [3.8, 4) is 0 Å². The number of anilines is 2. The second-order valence-corrected chi connectivity index (χ2v) is 7.33. The molecule has 0 aromatic heterocycles. The molecule has 5 heteroatoms. The van der Waals surface area contributed by atoms with Crippen LogP contribution in [-0.4, -0.2) is 23.5 Å². The molecule has 3 aromatic rings. The molecule has 1 aliphatic rings. The molecule has 5 nitrogen and oxygen atoms in total. The molecule has 4 rings (SSSR count). The van der Waals surface area contributed by atoms with E-state index in [0.29, 0.717) is 27.9 Å². The Bertz CT molecular complexity index is 1170. The van der Waals surface area contributed by atoms with Gasteiger partial charge in [0.25, 0.3) is 0 Å². The monoisotopic (exact) mass is 398 g/mol. The third kappa shape index (κ3) is 3.50. The Balaban J connectivity index is 1.54. The van der Waals surface area contributed by atoms with Gasteiger partial charge in [0.15, 0.2) is 11.6 Å². The van der Waals surface area contributed by atoms with Crippen molar-refractivity contribution in [3.63, 3.8) is 0 Å². The summed E-state index contributed by atoms with van der Waals surface area (Å²) in [4.78, 5) is 38.3. The first kappa shape index (κ1) is 19.6. The Labute approximate surface area is 175 Å². The molecule has 0 aliphatic heterocycles. The fraction of sp³-hybridized carbons (Fsp3) is 0.160. The number of amides is 1. The molecular weight excluding hydrogens is 376 g/mol. The maximum atomic E-state index is 12.9. The average Bonchev–Trinajstić information content (AvgIpc) is 2.77. The topological polar surface area (TPSA) is 75.3 Å². The lowest BCUT2D eigenvalue weighted by Crippen LogP contribution is -2.32. The van der Waals surface area contributed by atoms with Gasteiger partial charge in [-0.3, -0.25) is 14.4 Å².